The van der Waals surface area contributed by atoms with E-state index in [0.717, 1.165) is 42.9 Å². The zero-order valence-corrected chi connectivity index (χ0v) is 20.9. The number of fused-ring (bicyclic) bond motifs is 1. The van der Waals surface area contributed by atoms with Crippen molar-refractivity contribution < 1.29 is 27.5 Å². The van der Waals surface area contributed by atoms with Crippen molar-refractivity contribution in [3.63, 3.8) is 0 Å². The molecule has 1 aromatic carbocycles. The molecule has 37 heavy (non-hydrogen) atoms. The van der Waals surface area contributed by atoms with Crippen LogP contribution in [0.5, 0.6) is 0 Å². The predicted molar refractivity (Wildman–Crippen MR) is 131 cm³/mol. The van der Waals surface area contributed by atoms with Crippen LogP contribution in [0.15, 0.2) is 29.9 Å². The van der Waals surface area contributed by atoms with Crippen LogP contribution in [-0.2, 0) is 17.4 Å². The Morgan fingerprint density at radius 3 is 2.68 bits per heavy atom. The summed E-state index contributed by atoms with van der Waals surface area (Å²) in [7, 11) is 1.62. The van der Waals surface area contributed by atoms with Gasteiger partial charge in [0.15, 0.2) is 5.82 Å². The van der Waals surface area contributed by atoms with Crippen molar-refractivity contribution in [2.24, 2.45) is 7.05 Å². The third kappa shape index (κ3) is 5.30. The first-order valence-corrected chi connectivity index (χ1v) is 13.0. The fraction of sp³-hybridized carbons (Fsp3) is 0.542. The molecule has 0 spiro atoms. The Hall–Kier alpha value is -2.77. The molecule has 3 N–H and O–H groups in total. The summed E-state index contributed by atoms with van der Waals surface area (Å²) < 4.78 is 53.7. The summed E-state index contributed by atoms with van der Waals surface area (Å²) in [5, 5.41) is 21.3. The maximum absolute atomic E-state index is 13.8. The lowest BCUT2D eigenvalue weighted by Gasteiger charge is -2.48. The van der Waals surface area contributed by atoms with Gasteiger partial charge in [0.25, 0.3) is 0 Å². The van der Waals surface area contributed by atoms with Gasteiger partial charge < -0.3 is 15.7 Å². The van der Waals surface area contributed by atoms with Gasteiger partial charge in [-0.05, 0) is 43.4 Å². The molecule has 1 unspecified atom stereocenters. The van der Waals surface area contributed by atoms with Gasteiger partial charge in [-0.15, -0.1) is 11.3 Å². The Balaban J connectivity index is 1.11. The van der Waals surface area contributed by atoms with Crippen molar-refractivity contribution in [2.75, 3.05) is 25.0 Å². The number of aryl methyl sites for hydroxylation is 1. The third-order valence-electron chi connectivity index (χ3n) is 7.34. The number of alkyl halides is 4. The molecule has 2 aliphatic rings. The van der Waals surface area contributed by atoms with Crippen LogP contribution in [0.25, 0.3) is 10.9 Å². The van der Waals surface area contributed by atoms with Crippen molar-refractivity contribution in [3.8, 4) is 0 Å². The normalized spacial score (nSPS) is 24.1. The summed E-state index contributed by atoms with van der Waals surface area (Å²) >= 11 is 1.48. The molecule has 1 amide bonds. The summed E-state index contributed by atoms with van der Waals surface area (Å²) in [6.07, 6.45) is -3.24. The minimum Gasteiger partial charge on any atom is -0.384 e. The number of halogens is 4. The van der Waals surface area contributed by atoms with Crippen LogP contribution >= 0.6 is 11.3 Å². The molecule has 2 aromatic heterocycles. The Morgan fingerprint density at radius 1 is 1.30 bits per heavy atom. The number of nitrogens with zero attached hydrogens (tertiary/aromatic N) is 4. The number of benzene rings is 1. The van der Waals surface area contributed by atoms with E-state index in [0.29, 0.717) is 29.8 Å². The number of amides is 1. The molecule has 1 saturated carbocycles. The molecule has 5 rings (SSSR count). The van der Waals surface area contributed by atoms with Gasteiger partial charge in [-0.2, -0.15) is 18.3 Å². The fourth-order valence-electron chi connectivity index (χ4n) is 5.24. The van der Waals surface area contributed by atoms with Crippen LogP contribution in [0.4, 0.5) is 23.4 Å². The number of rotatable bonds is 7. The van der Waals surface area contributed by atoms with Gasteiger partial charge in [-0.25, -0.2) is 4.39 Å². The number of hydrogen-bond donors (Lipinski definition) is 3. The van der Waals surface area contributed by atoms with Crippen molar-refractivity contribution in [3.05, 3.63) is 40.3 Å². The average molecular weight is 541 g/mol. The number of anilines is 1. The monoisotopic (exact) mass is 540 g/mol. The molecule has 3 aromatic rings. The van der Waals surface area contributed by atoms with E-state index in [-0.39, 0.29) is 24.3 Å². The summed E-state index contributed by atoms with van der Waals surface area (Å²) in [5.41, 5.74) is 0.946. The Morgan fingerprint density at radius 2 is 2.03 bits per heavy atom. The first kappa shape index (κ1) is 25.9. The number of thiazole rings is 1. The highest BCUT2D eigenvalue weighted by molar-refractivity contribution is 7.09. The Kier molecular flexibility index (Phi) is 6.88. The standard InChI is InChI=1S/C24H28F4N6O2S/c1-33-18-3-2-14(21(25)24(26,27)28)8-17(18)22(32-33)30-10-20(35)31-15-11-34(12-15)16-4-6-23(36,7-5-16)19-9-29-13-37-19/h2-3,8-9,13,15-16,21,36H,4-7,10-12H2,1H3,(H,30,32)(H,31,35). The summed E-state index contributed by atoms with van der Waals surface area (Å²) in [6, 6.07) is 3.96. The van der Waals surface area contributed by atoms with Crippen LogP contribution in [0.3, 0.4) is 0 Å². The molecule has 0 bridgehead atoms. The molecule has 13 heteroatoms. The predicted octanol–water partition coefficient (Wildman–Crippen LogP) is 3.65. The van der Waals surface area contributed by atoms with Crippen molar-refractivity contribution in [1.82, 2.24) is 25.0 Å². The lowest BCUT2D eigenvalue weighted by atomic mass is 9.80. The Labute approximate surface area is 214 Å². The number of aliphatic hydroxyl groups is 1. The van der Waals surface area contributed by atoms with Gasteiger partial charge in [0.05, 0.1) is 28.5 Å². The summed E-state index contributed by atoms with van der Waals surface area (Å²) in [6.45, 7) is 1.33. The maximum atomic E-state index is 13.8. The van der Waals surface area contributed by atoms with Gasteiger partial charge in [0.1, 0.15) is 5.60 Å². The quantitative estimate of drug-likeness (QED) is 0.396. The topological polar surface area (TPSA) is 95.3 Å². The van der Waals surface area contributed by atoms with Gasteiger partial charge >= 0.3 is 6.18 Å². The Bertz CT molecular complexity index is 1250. The lowest BCUT2D eigenvalue weighted by molar-refractivity contribution is -0.182. The van der Waals surface area contributed by atoms with Crippen molar-refractivity contribution >= 4 is 34.0 Å². The van der Waals surface area contributed by atoms with Crippen LogP contribution in [0, 0.1) is 0 Å². The molecule has 2 fully saturated rings. The SMILES string of the molecule is Cn1nc(NCC(=O)NC2CN(C3CCC(O)(c4cncs4)CC3)C2)c2cc(C(F)C(F)(F)F)ccc21. The highest BCUT2D eigenvalue weighted by Gasteiger charge is 2.42. The maximum Gasteiger partial charge on any atom is 0.423 e. The zero-order chi connectivity index (χ0) is 26.4. The van der Waals surface area contributed by atoms with Crippen molar-refractivity contribution in [2.45, 2.75) is 55.7 Å². The molecule has 1 aliphatic heterocycles. The third-order valence-corrected chi connectivity index (χ3v) is 8.30. The minimum absolute atomic E-state index is 0.00256. The van der Waals surface area contributed by atoms with Gasteiger partial charge in [0.2, 0.25) is 12.1 Å². The van der Waals surface area contributed by atoms with E-state index in [2.05, 4.69) is 25.6 Å². The van der Waals surface area contributed by atoms with E-state index in [1.165, 1.54) is 22.1 Å². The molecule has 1 atom stereocenters. The average Bonchev–Trinajstić information content (AvgIpc) is 3.48. The van der Waals surface area contributed by atoms with Gasteiger partial charge in [-0.3, -0.25) is 19.4 Å². The van der Waals surface area contributed by atoms with Crippen LogP contribution < -0.4 is 10.6 Å². The number of carbonyl (C=O) groups is 1. The summed E-state index contributed by atoms with van der Waals surface area (Å²) in [4.78, 5) is 19.8. The van der Waals surface area contributed by atoms with E-state index >= 15 is 0 Å². The van der Waals surface area contributed by atoms with Gasteiger partial charge in [0, 0.05) is 37.8 Å². The van der Waals surface area contributed by atoms with Crippen molar-refractivity contribution in [1.29, 1.82) is 0 Å². The first-order valence-electron chi connectivity index (χ1n) is 12.1. The molecule has 1 aliphatic carbocycles. The molecule has 8 nitrogen and oxygen atoms in total. The van der Waals surface area contributed by atoms with Crippen LogP contribution in [0.1, 0.15) is 42.3 Å². The minimum atomic E-state index is -5.00. The first-order chi connectivity index (χ1) is 17.5. The van der Waals surface area contributed by atoms with Crippen LogP contribution in [0.2, 0.25) is 0 Å². The number of carbonyl (C=O) groups excluding carboxylic acids is 1. The molecule has 3 heterocycles. The fourth-order valence-corrected chi connectivity index (χ4v) is 6.02. The lowest BCUT2D eigenvalue weighted by Crippen LogP contribution is -2.63. The second-order valence-electron chi connectivity index (χ2n) is 9.85. The molecular formula is C24H28F4N6O2S. The van der Waals surface area contributed by atoms with E-state index < -0.39 is 23.5 Å². The van der Waals surface area contributed by atoms with E-state index in [1.807, 2.05) is 0 Å². The molecule has 200 valence electrons. The highest BCUT2D eigenvalue weighted by atomic mass is 32.1. The number of aromatic nitrogens is 3. The summed E-state index contributed by atoms with van der Waals surface area (Å²) in [5.74, 6) is -0.0452. The van der Waals surface area contributed by atoms with E-state index in [1.54, 1.807) is 18.8 Å². The molecular weight excluding hydrogens is 512 g/mol. The zero-order valence-electron chi connectivity index (χ0n) is 20.1. The molecule has 1 saturated heterocycles. The smallest absolute Gasteiger partial charge is 0.384 e. The number of nitrogens with one attached hydrogen (secondary N) is 2. The van der Waals surface area contributed by atoms with Crippen LogP contribution in [-0.4, -0.2) is 68.6 Å². The van der Waals surface area contributed by atoms with E-state index in [4.69, 9.17) is 0 Å². The second-order valence-corrected chi connectivity index (χ2v) is 10.7. The second kappa shape index (κ2) is 9.84. The largest absolute Gasteiger partial charge is 0.423 e. The van der Waals surface area contributed by atoms with Gasteiger partial charge in [-0.1, -0.05) is 6.07 Å². The number of likely N-dealkylation sites (tertiary alicyclic amines) is 1. The number of hydrogen-bond acceptors (Lipinski definition) is 7. The molecule has 0 radical (unpaired) electrons. The highest BCUT2D eigenvalue weighted by Crippen LogP contribution is 2.41. The van der Waals surface area contributed by atoms with E-state index in [9.17, 15) is 27.5 Å².